The maximum Gasteiger partial charge on any atom is 0.263 e. The highest BCUT2D eigenvalue weighted by atomic mass is 32.2. The van der Waals surface area contributed by atoms with Gasteiger partial charge in [0.1, 0.15) is 11.3 Å². The molecule has 24 heavy (non-hydrogen) atoms. The van der Waals surface area contributed by atoms with Gasteiger partial charge in [-0.25, -0.2) is 0 Å². The van der Waals surface area contributed by atoms with E-state index in [1.807, 2.05) is 12.1 Å². The van der Waals surface area contributed by atoms with Crippen LogP contribution in [0.3, 0.4) is 0 Å². The third-order valence-corrected chi connectivity index (χ3v) is 5.52. The molecule has 6 nitrogen and oxygen atoms in total. The van der Waals surface area contributed by atoms with Crippen LogP contribution in [0.2, 0.25) is 0 Å². The molecule has 1 aromatic carbocycles. The van der Waals surface area contributed by atoms with Crippen molar-refractivity contribution in [3.05, 3.63) is 52.4 Å². The summed E-state index contributed by atoms with van der Waals surface area (Å²) in [4.78, 5) is 12.3. The summed E-state index contributed by atoms with van der Waals surface area (Å²) in [6.07, 6.45) is 0. The van der Waals surface area contributed by atoms with E-state index < -0.39 is 0 Å². The number of benzene rings is 1. The summed E-state index contributed by atoms with van der Waals surface area (Å²) in [6, 6.07) is 8.24. The van der Waals surface area contributed by atoms with Crippen LogP contribution in [0.1, 0.15) is 32.9 Å². The van der Waals surface area contributed by atoms with Crippen molar-refractivity contribution >= 4 is 34.1 Å². The highest BCUT2D eigenvalue weighted by Gasteiger charge is 2.19. The van der Waals surface area contributed by atoms with Crippen LogP contribution in [0, 0.1) is 20.8 Å². The number of thioether (sulfide) groups is 1. The Bertz CT molecular complexity index is 853. The molecule has 0 saturated carbocycles. The maximum atomic E-state index is 12.3. The Hall–Kier alpha value is -2.19. The zero-order valence-corrected chi connectivity index (χ0v) is 15.1. The summed E-state index contributed by atoms with van der Waals surface area (Å²) in [5, 5.41) is 15.1. The topological polar surface area (TPSA) is 80.9 Å². The van der Waals surface area contributed by atoms with Crippen molar-refractivity contribution in [1.29, 1.82) is 0 Å². The number of carbonyl (C=O) groups excluding carboxylic acids is 1. The molecule has 0 aliphatic carbocycles. The quantitative estimate of drug-likeness (QED) is 0.547. The lowest BCUT2D eigenvalue weighted by Crippen LogP contribution is -2.13. The van der Waals surface area contributed by atoms with Crippen LogP contribution in [0.5, 0.6) is 0 Å². The zero-order valence-electron chi connectivity index (χ0n) is 13.5. The standard InChI is InChI=1S/C16H16N4O2S2/c1-9-6-4-5-7-12(9)8-23-16-19-18-15(24-16)17-14(21)13-10(2)20-22-11(13)3/h4-7H,8H2,1-3H3,(H,17,18,21). The van der Waals surface area contributed by atoms with Crippen molar-refractivity contribution in [2.24, 2.45) is 0 Å². The molecule has 0 atom stereocenters. The van der Waals surface area contributed by atoms with Crippen LogP contribution in [0.4, 0.5) is 5.13 Å². The van der Waals surface area contributed by atoms with Crippen LogP contribution < -0.4 is 5.32 Å². The zero-order chi connectivity index (χ0) is 17.1. The van der Waals surface area contributed by atoms with Crippen LogP contribution in [-0.2, 0) is 5.75 Å². The highest BCUT2D eigenvalue weighted by Crippen LogP contribution is 2.29. The average Bonchev–Trinajstić information content (AvgIpc) is 3.13. The number of nitrogens with one attached hydrogen (secondary N) is 1. The van der Waals surface area contributed by atoms with E-state index in [9.17, 15) is 4.79 Å². The van der Waals surface area contributed by atoms with Crippen LogP contribution in [-0.4, -0.2) is 21.3 Å². The molecule has 0 unspecified atom stereocenters. The van der Waals surface area contributed by atoms with Gasteiger partial charge in [-0.2, -0.15) is 0 Å². The number of nitrogens with zero attached hydrogens (tertiary/aromatic N) is 3. The predicted octanol–water partition coefficient (Wildman–Crippen LogP) is 4.00. The number of rotatable bonds is 5. The molecule has 0 radical (unpaired) electrons. The monoisotopic (exact) mass is 360 g/mol. The number of hydrogen-bond donors (Lipinski definition) is 1. The van der Waals surface area contributed by atoms with E-state index in [0.717, 1.165) is 10.1 Å². The van der Waals surface area contributed by atoms with E-state index in [1.54, 1.807) is 25.6 Å². The van der Waals surface area contributed by atoms with Gasteiger partial charge in [-0.3, -0.25) is 10.1 Å². The number of aromatic nitrogens is 3. The number of anilines is 1. The van der Waals surface area contributed by atoms with E-state index in [0.29, 0.717) is 22.1 Å². The SMILES string of the molecule is Cc1ccccc1CSc1nnc(NC(=O)c2c(C)noc2C)s1. The Morgan fingerprint density at radius 3 is 2.75 bits per heavy atom. The van der Waals surface area contributed by atoms with Gasteiger partial charge in [0.25, 0.3) is 5.91 Å². The van der Waals surface area contributed by atoms with Gasteiger partial charge in [-0.05, 0) is 31.9 Å². The predicted molar refractivity (Wildman–Crippen MR) is 94.6 cm³/mol. The molecular formula is C16H16N4O2S2. The smallest absolute Gasteiger partial charge is 0.263 e. The van der Waals surface area contributed by atoms with Gasteiger partial charge < -0.3 is 4.52 Å². The first kappa shape index (κ1) is 16.7. The molecule has 1 N–H and O–H groups in total. The lowest BCUT2D eigenvalue weighted by Gasteiger charge is -2.02. The first-order chi connectivity index (χ1) is 11.5. The first-order valence-electron chi connectivity index (χ1n) is 7.29. The van der Waals surface area contributed by atoms with E-state index in [-0.39, 0.29) is 5.91 Å². The van der Waals surface area contributed by atoms with Crippen molar-refractivity contribution in [2.45, 2.75) is 30.9 Å². The minimum Gasteiger partial charge on any atom is -0.361 e. The first-order valence-corrected chi connectivity index (χ1v) is 9.10. The van der Waals surface area contributed by atoms with Crippen molar-refractivity contribution < 1.29 is 9.32 Å². The second kappa shape index (κ2) is 7.14. The van der Waals surface area contributed by atoms with E-state index in [2.05, 4.69) is 39.7 Å². The summed E-state index contributed by atoms with van der Waals surface area (Å²) in [5.74, 6) is 1.03. The summed E-state index contributed by atoms with van der Waals surface area (Å²) >= 11 is 2.96. The number of amides is 1. The van der Waals surface area contributed by atoms with E-state index in [1.165, 1.54) is 22.5 Å². The van der Waals surface area contributed by atoms with Gasteiger partial charge in [0.15, 0.2) is 4.34 Å². The molecular weight excluding hydrogens is 344 g/mol. The largest absolute Gasteiger partial charge is 0.361 e. The maximum absolute atomic E-state index is 12.3. The van der Waals surface area contributed by atoms with Crippen LogP contribution in [0.25, 0.3) is 0 Å². The van der Waals surface area contributed by atoms with Crippen molar-refractivity contribution in [2.75, 3.05) is 5.32 Å². The van der Waals surface area contributed by atoms with E-state index >= 15 is 0 Å². The minimum absolute atomic E-state index is 0.280. The molecule has 0 bridgehead atoms. The molecule has 124 valence electrons. The molecule has 3 rings (SSSR count). The summed E-state index contributed by atoms with van der Waals surface area (Å²) in [7, 11) is 0. The molecule has 3 aromatic rings. The molecule has 0 fully saturated rings. The lowest BCUT2D eigenvalue weighted by atomic mass is 10.1. The van der Waals surface area contributed by atoms with Crippen molar-refractivity contribution in [3.8, 4) is 0 Å². The number of aryl methyl sites for hydroxylation is 3. The van der Waals surface area contributed by atoms with Gasteiger partial charge in [0.2, 0.25) is 5.13 Å². The second-order valence-corrected chi connectivity index (χ2v) is 7.44. The Labute approximate surface area is 147 Å². The van der Waals surface area contributed by atoms with Gasteiger partial charge >= 0.3 is 0 Å². The van der Waals surface area contributed by atoms with Crippen molar-refractivity contribution in [3.63, 3.8) is 0 Å². The van der Waals surface area contributed by atoms with Gasteiger partial charge in [0, 0.05) is 5.75 Å². The summed E-state index contributed by atoms with van der Waals surface area (Å²) in [6.45, 7) is 5.53. The fourth-order valence-electron chi connectivity index (χ4n) is 2.20. The van der Waals surface area contributed by atoms with Crippen molar-refractivity contribution in [1.82, 2.24) is 15.4 Å². The Kier molecular flexibility index (Phi) is 4.96. The average molecular weight is 360 g/mol. The summed E-state index contributed by atoms with van der Waals surface area (Å²) in [5.41, 5.74) is 3.52. The van der Waals surface area contributed by atoms with Gasteiger partial charge in [-0.15, -0.1) is 10.2 Å². The molecule has 8 heteroatoms. The molecule has 0 aliphatic heterocycles. The second-order valence-electron chi connectivity index (χ2n) is 5.24. The molecule has 0 spiro atoms. The third-order valence-electron chi connectivity index (χ3n) is 3.50. The number of hydrogen-bond acceptors (Lipinski definition) is 7. The summed E-state index contributed by atoms with van der Waals surface area (Å²) < 4.78 is 5.82. The van der Waals surface area contributed by atoms with Crippen LogP contribution in [0.15, 0.2) is 33.1 Å². The lowest BCUT2D eigenvalue weighted by molar-refractivity contribution is 0.102. The molecule has 2 heterocycles. The van der Waals surface area contributed by atoms with Crippen LogP contribution >= 0.6 is 23.1 Å². The number of carbonyl (C=O) groups is 1. The Morgan fingerprint density at radius 1 is 1.25 bits per heavy atom. The van der Waals surface area contributed by atoms with E-state index in [4.69, 9.17) is 4.52 Å². The third kappa shape index (κ3) is 3.65. The molecule has 1 amide bonds. The highest BCUT2D eigenvalue weighted by molar-refractivity contribution is 8.00. The Balaban J connectivity index is 1.64. The Morgan fingerprint density at radius 2 is 2.04 bits per heavy atom. The van der Waals surface area contributed by atoms with Gasteiger partial charge in [0.05, 0.1) is 5.69 Å². The van der Waals surface area contributed by atoms with Gasteiger partial charge in [-0.1, -0.05) is 52.5 Å². The minimum atomic E-state index is -0.280. The fraction of sp³-hybridized carbons (Fsp3) is 0.250. The molecule has 2 aromatic heterocycles. The molecule has 0 aliphatic rings. The molecule has 0 saturated heterocycles. The fourth-order valence-corrected chi connectivity index (χ4v) is 4.02. The normalized spacial score (nSPS) is 10.8.